The van der Waals surface area contributed by atoms with Crippen molar-refractivity contribution in [3.05, 3.63) is 22.7 Å². The smallest absolute Gasteiger partial charge is 0.293 e. The van der Waals surface area contributed by atoms with E-state index in [2.05, 4.69) is 10.3 Å². The Labute approximate surface area is 101 Å². The van der Waals surface area contributed by atoms with Gasteiger partial charge in [0.05, 0.1) is 0 Å². The van der Waals surface area contributed by atoms with Gasteiger partial charge < -0.3 is 15.6 Å². The second-order valence-corrected chi connectivity index (χ2v) is 4.72. The molecule has 0 aromatic carbocycles. The lowest BCUT2D eigenvalue weighted by Gasteiger charge is -2.31. The van der Waals surface area contributed by atoms with Crippen molar-refractivity contribution in [2.45, 2.75) is 31.7 Å². The second kappa shape index (κ2) is 5.31. The van der Waals surface area contributed by atoms with E-state index < -0.39 is 0 Å². The average Bonchev–Trinajstić information content (AvgIpc) is 2.35. The molecule has 17 heavy (non-hydrogen) atoms. The summed E-state index contributed by atoms with van der Waals surface area (Å²) in [6, 6.07) is 0.288. The standard InChI is InChI=1S/C12H20N4O/c1-16-7-6-14-11(12(16)17)15-10-5-3-2-4-9(10)8-13/h6-7,9-10H,2-5,8,13H2,1H3,(H,14,15). The predicted molar refractivity (Wildman–Crippen MR) is 67.9 cm³/mol. The van der Waals surface area contributed by atoms with E-state index in [0.717, 1.165) is 12.8 Å². The minimum Gasteiger partial charge on any atom is -0.362 e. The molecule has 0 bridgehead atoms. The van der Waals surface area contributed by atoms with Crippen molar-refractivity contribution < 1.29 is 0 Å². The molecule has 1 aromatic rings. The highest BCUT2D eigenvalue weighted by Crippen LogP contribution is 2.25. The van der Waals surface area contributed by atoms with Crippen molar-refractivity contribution in [1.29, 1.82) is 0 Å². The molecule has 0 aliphatic heterocycles. The van der Waals surface area contributed by atoms with Crippen LogP contribution in [-0.2, 0) is 7.05 Å². The Bertz CT molecular complexity index is 429. The third-order valence-corrected chi connectivity index (χ3v) is 3.55. The van der Waals surface area contributed by atoms with Crippen molar-refractivity contribution in [3.63, 3.8) is 0 Å². The first-order chi connectivity index (χ1) is 8.22. The zero-order chi connectivity index (χ0) is 12.3. The Kier molecular flexibility index (Phi) is 3.78. The number of aromatic nitrogens is 2. The van der Waals surface area contributed by atoms with E-state index in [0.29, 0.717) is 18.3 Å². The van der Waals surface area contributed by atoms with Crippen LogP contribution in [-0.4, -0.2) is 22.1 Å². The maximum Gasteiger partial charge on any atom is 0.293 e. The van der Waals surface area contributed by atoms with E-state index >= 15 is 0 Å². The largest absolute Gasteiger partial charge is 0.362 e. The van der Waals surface area contributed by atoms with Crippen LogP contribution < -0.4 is 16.6 Å². The first-order valence-corrected chi connectivity index (χ1v) is 6.20. The van der Waals surface area contributed by atoms with Gasteiger partial charge in [-0.15, -0.1) is 0 Å². The van der Waals surface area contributed by atoms with Gasteiger partial charge in [0.2, 0.25) is 0 Å². The molecule has 0 radical (unpaired) electrons. The molecular weight excluding hydrogens is 216 g/mol. The molecular formula is C12H20N4O. The summed E-state index contributed by atoms with van der Waals surface area (Å²) in [4.78, 5) is 16.0. The number of nitrogens with zero attached hydrogens (tertiary/aromatic N) is 2. The third kappa shape index (κ3) is 2.66. The molecule has 3 N–H and O–H groups in total. The lowest BCUT2D eigenvalue weighted by molar-refractivity contribution is 0.332. The highest BCUT2D eigenvalue weighted by molar-refractivity contribution is 5.32. The topological polar surface area (TPSA) is 72.9 Å². The van der Waals surface area contributed by atoms with E-state index in [1.165, 1.54) is 17.4 Å². The van der Waals surface area contributed by atoms with Crippen molar-refractivity contribution in [2.24, 2.45) is 18.7 Å². The van der Waals surface area contributed by atoms with Crippen molar-refractivity contribution in [1.82, 2.24) is 9.55 Å². The Hall–Kier alpha value is -1.36. The first-order valence-electron chi connectivity index (χ1n) is 6.20. The second-order valence-electron chi connectivity index (χ2n) is 4.72. The third-order valence-electron chi connectivity index (χ3n) is 3.55. The fourth-order valence-electron chi connectivity index (χ4n) is 2.45. The maximum atomic E-state index is 11.8. The molecule has 1 saturated carbocycles. The molecule has 0 amide bonds. The number of nitrogens with one attached hydrogen (secondary N) is 1. The molecule has 1 fully saturated rings. The van der Waals surface area contributed by atoms with Gasteiger partial charge in [-0.1, -0.05) is 12.8 Å². The van der Waals surface area contributed by atoms with Crippen LogP contribution in [0.3, 0.4) is 0 Å². The molecule has 2 rings (SSSR count). The molecule has 1 aliphatic carbocycles. The lowest BCUT2D eigenvalue weighted by Crippen LogP contribution is -2.39. The van der Waals surface area contributed by atoms with Crippen LogP contribution in [0.1, 0.15) is 25.7 Å². The van der Waals surface area contributed by atoms with E-state index in [1.807, 2.05) is 0 Å². The van der Waals surface area contributed by atoms with Crippen LogP contribution in [0.15, 0.2) is 17.2 Å². The summed E-state index contributed by atoms with van der Waals surface area (Å²) in [6.07, 6.45) is 7.95. The van der Waals surface area contributed by atoms with E-state index in [9.17, 15) is 4.79 Å². The average molecular weight is 236 g/mol. The number of hydrogen-bond donors (Lipinski definition) is 2. The quantitative estimate of drug-likeness (QED) is 0.810. The zero-order valence-electron chi connectivity index (χ0n) is 10.2. The highest BCUT2D eigenvalue weighted by Gasteiger charge is 2.24. The number of anilines is 1. The van der Waals surface area contributed by atoms with Gasteiger partial charge in [-0.05, 0) is 25.3 Å². The summed E-state index contributed by atoms with van der Waals surface area (Å²) < 4.78 is 1.54. The molecule has 5 nitrogen and oxygen atoms in total. The van der Waals surface area contributed by atoms with Gasteiger partial charge in [-0.25, -0.2) is 4.98 Å². The predicted octanol–water partition coefficient (Wildman–Crippen LogP) is 0.710. The van der Waals surface area contributed by atoms with Gasteiger partial charge in [-0.3, -0.25) is 4.79 Å². The summed E-state index contributed by atoms with van der Waals surface area (Å²) in [5, 5.41) is 3.27. The van der Waals surface area contributed by atoms with Gasteiger partial charge in [0.15, 0.2) is 5.82 Å². The van der Waals surface area contributed by atoms with Crippen LogP contribution in [0, 0.1) is 5.92 Å². The van der Waals surface area contributed by atoms with Gasteiger partial charge >= 0.3 is 0 Å². The number of rotatable bonds is 3. The maximum absolute atomic E-state index is 11.8. The van der Waals surface area contributed by atoms with Crippen LogP contribution in [0.25, 0.3) is 0 Å². The summed E-state index contributed by atoms with van der Waals surface area (Å²) in [7, 11) is 1.73. The molecule has 0 saturated heterocycles. The van der Waals surface area contributed by atoms with Crippen LogP contribution in [0.2, 0.25) is 0 Å². The van der Waals surface area contributed by atoms with Gasteiger partial charge in [-0.2, -0.15) is 0 Å². The molecule has 0 spiro atoms. The summed E-state index contributed by atoms with van der Waals surface area (Å²) in [5.41, 5.74) is 5.70. The van der Waals surface area contributed by atoms with Crippen LogP contribution >= 0.6 is 0 Å². The van der Waals surface area contributed by atoms with Crippen molar-refractivity contribution >= 4 is 5.82 Å². The fourth-order valence-corrected chi connectivity index (χ4v) is 2.45. The van der Waals surface area contributed by atoms with Gasteiger partial charge in [0.1, 0.15) is 0 Å². The highest BCUT2D eigenvalue weighted by atomic mass is 16.1. The molecule has 94 valence electrons. The summed E-state index contributed by atoms with van der Waals surface area (Å²) >= 11 is 0. The molecule has 5 heteroatoms. The molecule has 1 aliphatic rings. The van der Waals surface area contributed by atoms with E-state index in [4.69, 9.17) is 5.73 Å². The minimum atomic E-state index is -0.0751. The van der Waals surface area contributed by atoms with Crippen LogP contribution in [0.4, 0.5) is 5.82 Å². The zero-order valence-corrected chi connectivity index (χ0v) is 10.2. The number of nitrogens with two attached hydrogens (primary N) is 1. The fraction of sp³-hybridized carbons (Fsp3) is 0.667. The number of aryl methyl sites for hydroxylation is 1. The minimum absolute atomic E-state index is 0.0751. The molecule has 1 aromatic heterocycles. The molecule has 2 atom stereocenters. The summed E-state index contributed by atoms with van der Waals surface area (Å²) in [5.74, 6) is 0.899. The lowest BCUT2D eigenvalue weighted by atomic mass is 9.84. The monoisotopic (exact) mass is 236 g/mol. The molecule has 1 heterocycles. The molecule has 2 unspecified atom stereocenters. The summed E-state index contributed by atoms with van der Waals surface area (Å²) in [6.45, 7) is 0.671. The van der Waals surface area contributed by atoms with Gasteiger partial charge in [0.25, 0.3) is 5.56 Å². The Morgan fingerprint density at radius 2 is 2.29 bits per heavy atom. The Morgan fingerprint density at radius 1 is 1.53 bits per heavy atom. The Morgan fingerprint density at radius 3 is 3.06 bits per heavy atom. The van der Waals surface area contributed by atoms with E-state index in [1.54, 1.807) is 19.4 Å². The van der Waals surface area contributed by atoms with Crippen molar-refractivity contribution in [3.8, 4) is 0 Å². The first kappa shape index (κ1) is 12.1. The van der Waals surface area contributed by atoms with Crippen LogP contribution in [0.5, 0.6) is 0 Å². The van der Waals surface area contributed by atoms with Gasteiger partial charge in [0, 0.05) is 25.5 Å². The SMILES string of the molecule is Cn1ccnc(NC2CCCCC2CN)c1=O. The number of hydrogen-bond acceptors (Lipinski definition) is 4. The van der Waals surface area contributed by atoms with E-state index in [-0.39, 0.29) is 11.6 Å². The normalized spacial score (nSPS) is 24.6. The Balaban J connectivity index is 2.14. The van der Waals surface area contributed by atoms with Crippen molar-refractivity contribution in [2.75, 3.05) is 11.9 Å².